The van der Waals surface area contributed by atoms with E-state index in [9.17, 15) is 19.5 Å². The predicted octanol–water partition coefficient (Wildman–Crippen LogP) is 5.84. The second-order valence-electron chi connectivity index (χ2n) is 9.09. The number of aliphatic hydroxyl groups is 1. The first-order valence-corrected chi connectivity index (χ1v) is 12.4. The van der Waals surface area contributed by atoms with E-state index in [1.165, 1.54) is 42.6 Å². The van der Waals surface area contributed by atoms with E-state index in [1.54, 1.807) is 50.2 Å². The molecule has 5 rings (SSSR count). The summed E-state index contributed by atoms with van der Waals surface area (Å²) in [7, 11) is 1.45. The minimum atomic E-state index is -1.000. The molecule has 1 N–H and O–H groups in total. The number of furan rings is 1. The molecule has 39 heavy (non-hydrogen) atoms. The number of benzene rings is 2. The lowest BCUT2D eigenvalue weighted by Crippen LogP contribution is -2.31. The van der Waals surface area contributed by atoms with Gasteiger partial charge in [-0.1, -0.05) is 11.6 Å². The van der Waals surface area contributed by atoms with Crippen molar-refractivity contribution in [1.82, 2.24) is 4.98 Å². The van der Waals surface area contributed by atoms with Crippen LogP contribution in [0.4, 0.5) is 5.69 Å². The second kappa shape index (κ2) is 10.3. The SMILES string of the molecule is COc1cc(Cl)cc2cc(C(=O)C3=C(O)C(=O)N(c4ccc(C(=O)OC(C)C)cc4)C3c3ccncc3)oc12. The number of ketones is 1. The number of halogens is 1. The molecule has 198 valence electrons. The monoisotopic (exact) mass is 546 g/mol. The van der Waals surface area contributed by atoms with Crippen LogP contribution in [-0.2, 0) is 9.53 Å². The summed E-state index contributed by atoms with van der Waals surface area (Å²) >= 11 is 6.16. The van der Waals surface area contributed by atoms with Gasteiger partial charge < -0.3 is 19.0 Å². The van der Waals surface area contributed by atoms with Gasteiger partial charge in [-0.25, -0.2) is 4.79 Å². The molecule has 0 saturated carbocycles. The van der Waals surface area contributed by atoms with Gasteiger partial charge in [0.15, 0.2) is 22.9 Å². The number of pyridine rings is 1. The van der Waals surface area contributed by atoms with Crippen LogP contribution in [0.3, 0.4) is 0 Å². The number of nitrogens with zero attached hydrogens (tertiary/aromatic N) is 2. The number of Topliss-reactive ketones (excluding diaryl/α,β-unsaturated/α-hetero) is 1. The average Bonchev–Trinajstić information content (AvgIpc) is 3.46. The quantitative estimate of drug-likeness (QED) is 0.227. The second-order valence-corrected chi connectivity index (χ2v) is 9.52. The zero-order valence-corrected chi connectivity index (χ0v) is 21.9. The van der Waals surface area contributed by atoms with E-state index in [0.717, 1.165) is 0 Å². The molecule has 4 aromatic rings. The summed E-state index contributed by atoms with van der Waals surface area (Å²) in [5.74, 6) is -2.46. The van der Waals surface area contributed by atoms with Crippen molar-refractivity contribution in [1.29, 1.82) is 0 Å². The Morgan fingerprint density at radius 2 is 1.77 bits per heavy atom. The molecule has 0 radical (unpaired) electrons. The van der Waals surface area contributed by atoms with Gasteiger partial charge in [0.1, 0.15) is 0 Å². The molecule has 1 aliphatic heterocycles. The number of anilines is 1. The van der Waals surface area contributed by atoms with Crippen LogP contribution in [-0.4, -0.2) is 41.0 Å². The maximum atomic E-state index is 13.8. The molecular weight excluding hydrogens is 524 g/mol. The number of methoxy groups -OCH3 is 1. The highest BCUT2D eigenvalue weighted by Gasteiger charge is 2.45. The molecule has 1 aliphatic rings. The summed E-state index contributed by atoms with van der Waals surface area (Å²) in [5, 5.41) is 11.9. The van der Waals surface area contributed by atoms with Crippen LogP contribution in [0, 0.1) is 0 Å². The molecule has 1 unspecified atom stereocenters. The Bertz CT molecular complexity index is 1620. The Hall–Kier alpha value is -4.63. The molecule has 0 saturated heterocycles. The van der Waals surface area contributed by atoms with E-state index in [2.05, 4.69) is 4.98 Å². The number of hydrogen-bond acceptors (Lipinski definition) is 8. The summed E-state index contributed by atoms with van der Waals surface area (Å²) in [5.41, 5.74) is 1.32. The van der Waals surface area contributed by atoms with Crippen molar-refractivity contribution in [2.24, 2.45) is 0 Å². The van der Waals surface area contributed by atoms with E-state index in [4.69, 9.17) is 25.5 Å². The first-order chi connectivity index (χ1) is 18.7. The van der Waals surface area contributed by atoms with Crippen LogP contribution >= 0.6 is 11.6 Å². The summed E-state index contributed by atoms with van der Waals surface area (Å²) in [6.07, 6.45) is 2.75. The van der Waals surface area contributed by atoms with E-state index in [-0.39, 0.29) is 17.4 Å². The summed E-state index contributed by atoms with van der Waals surface area (Å²) in [6.45, 7) is 3.49. The third kappa shape index (κ3) is 4.72. The minimum absolute atomic E-state index is 0.104. The minimum Gasteiger partial charge on any atom is -0.503 e. The lowest BCUT2D eigenvalue weighted by atomic mass is 9.95. The van der Waals surface area contributed by atoms with Crippen LogP contribution < -0.4 is 9.64 Å². The number of carbonyl (C=O) groups is 3. The molecule has 2 aromatic heterocycles. The lowest BCUT2D eigenvalue weighted by molar-refractivity contribution is -0.117. The molecule has 0 fully saturated rings. The number of aromatic nitrogens is 1. The summed E-state index contributed by atoms with van der Waals surface area (Å²) in [4.78, 5) is 44.8. The topological polar surface area (TPSA) is 119 Å². The highest BCUT2D eigenvalue weighted by molar-refractivity contribution is 6.31. The van der Waals surface area contributed by atoms with Crippen LogP contribution in [0.25, 0.3) is 11.0 Å². The Morgan fingerprint density at radius 1 is 1.08 bits per heavy atom. The van der Waals surface area contributed by atoms with Crippen molar-refractivity contribution < 1.29 is 33.4 Å². The van der Waals surface area contributed by atoms with E-state index in [1.807, 2.05) is 0 Å². The van der Waals surface area contributed by atoms with Crippen LogP contribution in [0.5, 0.6) is 5.75 Å². The van der Waals surface area contributed by atoms with Crippen LogP contribution in [0.1, 0.15) is 46.4 Å². The number of rotatable bonds is 7. The van der Waals surface area contributed by atoms with Gasteiger partial charge >= 0.3 is 5.97 Å². The smallest absolute Gasteiger partial charge is 0.338 e. The van der Waals surface area contributed by atoms with E-state index >= 15 is 0 Å². The van der Waals surface area contributed by atoms with Gasteiger partial charge in [-0.05, 0) is 67.9 Å². The fourth-order valence-electron chi connectivity index (χ4n) is 4.49. The summed E-state index contributed by atoms with van der Waals surface area (Å²) in [6, 6.07) is 13.1. The van der Waals surface area contributed by atoms with Crippen LogP contribution in [0.15, 0.2) is 82.7 Å². The highest BCUT2D eigenvalue weighted by Crippen LogP contribution is 2.43. The standard InChI is InChI=1S/C29H23ClN2O7/c1-15(2)38-29(36)17-4-6-20(7-5-17)32-24(16-8-10-31-11-9-16)23(26(34)28(32)35)25(33)21-13-18-12-19(30)14-22(37-3)27(18)39-21/h4-15,24,34H,1-3H3. The van der Waals surface area contributed by atoms with Gasteiger partial charge in [0.05, 0.1) is 30.4 Å². The van der Waals surface area contributed by atoms with Crippen molar-refractivity contribution in [2.45, 2.75) is 26.0 Å². The average molecular weight is 547 g/mol. The lowest BCUT2D eigenvalue weighted by Gasteiger charge is -2.26. The highest BCUT2D eigenvalue weighted by atomic mass is 35.5. The number of amides is 1. The van der Waals surface area contributed by atoms with Crippen molar-refractivity contribution >= 4 is 45.9 Å². The largest absolute Gasteiger partial charge is 0.503 e. The maximum absolute atomic E-state index is 13.8. The van der Waals surface area contributed by atoms with Gasteiger partial charge in [0.25, 0.3) is 5.91 Å². The van der Waals surface area contributed by atoms with Gasteiger partial charge in [0, 0.05) is 34.6 Å². The molecule has 2 aromatic carbocycles. The van der Waals surface area contributed by atoms with Crippen LogP contribution in [0.2, 0.25) is 5.02 Å². The first-order valence-electron chi connectivity index (χ1n) is 12.0. The molecular formula is C29H23ClN2O7. The van der Waals surface area contributed by atoms with Crippen molar-refractivity contribution in [3.63, 3.8) is 0 Å². The first kappa shape index (κ1) is 26.0. The molecule has 0 bridgehead atoms. The van der Waals surface area contributed by atoms with Crippen molar-refractivity contribution in [2.75, 3.05) is 12.0 Å². The third-order valence-electron chi connectivity index (χ3n) is 6.19. The molecule has 3 heterocycles. The number of aliphatic hydroxyl groups excluding tert-OH is 1. The maximum Gasteiger partial charge on any atom is 0.338 e. The number of esters is 1. The van der Waals surface area contributed by atoms with Gasteiger partial charge in [-0.2, -0.15) is 0 Å². The zero-order valence-electron chi connectivity index (χ0n) is 21.2. The normalized spacial score (nSPS) is 15.4. The Labute approximate surface area is 228 Å². The van der Waals surface area contributed by atoms with Crippen molar-refractivity contribution in [3.05, 3.63) is 100 Å². The van der Waals surface area contributed by atoms with Gasteiger partial charge in [-0.3, -0.25) is 19.5 Å². The van der Waals surface area contributed by atoms with E-state index in [0.29, 0.717) is 38.6 Å². The number of fused-ring (bicyclic) bond motifs is 1. The van der Waals surface area contributed by atoms with E-state index < -0.39 is 29.5 Å². The molecule has 1 atom stereocenters. The number of carbonyl (C=O) groups excluding carboxylic acids is 3. The molecule has 0 spiro atoms. The molecule has 9 nitrogen and oxygen atoms in total. The molecule has 1 amide bonds. The summed E-state index contributed by atoms with van der Waals surface area (Å²) < 4.78 is 16.4. The third-order valence-corrected chi connectivity index (χ3v) is 6.41. The fourth-order valence-corrected chi connectivity index (χ4v) is 4.70. The van der Waals surface area contributed by atoms with Gasteiger partial charge in [-0.15, -0.1) is 0 Å². The zero-order chi connectivity index (χ0) is 27.8. The Kier molecular flexibility index (Phi) is 6.84. The van der Waals surface area contributed by atoms with Crippen molar-refractivity contribution in [3.8, 4) is 5.75 Å². The molecule has 10 heteroatoms. The Balaban J connectivity index is 1.58. The Morgan fingerprint density at radius 3 is 2.41 bits per heavy atom. The molecule has 0 aliphatic carbocycles. The predicted molar refractivity (Wildman–Crippen MR) is 143 cm³/mol. The fraction of sp³-hybridized carbons (Fsp3) is 0.172. The van der Waals surface area contributed by atoms with Gasteiger partial charge in [0.2, 0.25) is 5.78 Å². The number of ether oxygens (including phenoxy) is 2. The number of hydrogen-bond donors (Lipinski definition) is 1.